The van der Waals surface area contributed by atoms with Crippen LogP contribution in [0.2, 0.25) is 0 Å². The third-order valence-corrected chi connectivity index (χ3v) is 5.30. The summed E-state index contributed by atoms with van der Waals surface area (Å²) in [5.41, 5.74) is 1.35. The quantitative estimate of drug-likeness (QED) is 0.725. The van der Waals surface area contributed by atoms with E-state index in [-0.39, 0.29) is 24.9 Å². The third kappa shape index (κ3) is 4.09. The summed E-state index contributed by atoms with van der Waals surface area (Å²) in [5, 5.41) is 5.48. The van der Waals surface area contributed by atoms with Gasteiger partial charge in [-0.25, -0.2) is 0 Å². The lowest BCUT2D eigenvalue weighted by Crippen LogP contribution is -2.50. The maximum atomic E-state index is 12.8. The Morgan fingerprint density at radius 2 is 1.86 bits per heavy atom. The number of carbonyl (C=O) groups excluding carboxylic acids is 2. The van der Waals surface area contributed by atoms with Gasteiger partial charge in [0.15, 0.2) is 17.6 Å². The lowest BCUT2D eigenvalue weighted by atomic mass is 10.1. The van der Waals surface area contributed by atoms with Crippen LogP contribution in [-0.4, -0.2) is 51.3 Å². The van der Waals surface area contributed by atoms with Gasteiger partial charge in [0.1, 0.15) is 19.0 Å². The molecule has 4 rings (SSSR count). The predicted octanol–water partition coefficient (Wildman–Crippen LogP) is 2.17. The summed E-state index contributed by atoms with van der Waals surface area (Å²) < 4.78 is 17.6. The number of nitrogens with one attached hydrogen (secondary N) is 2. The number of amides is 2. The van der Waals surface area contributed by atoms with Crippen LogP contribution in [0.5, 0.6) is 17.2 Å². The monoisotopic (exact) mass is 461 g/mol. The van der Waals surface area contributed by atoms with E-state index in [0.29, 0.717) is 40.6 Å². The molecular weight excluding hydrogens is 442 g/mol. The van der Waals surface area contributed by atoms with Gasteiger partial charge in [-0.2, -0.15) is 0 Å². The second-order valence-corrected chi connectivity index (χ2v) is 7.45. The topological polar surface area (TPSA) is 89.1 Å². The summed E-state index contributed by atoms with van der Waals surface area (Å²) in [6.45, 7) is 1.29. The van der Waals surface area contributed by atoms with E-state index < -0.39 is 6.10 Å². The number of hydrogen-bond acceptors (Lipinski definition) is 6. The molecule has 2 N–H and O–H groups in total. The van der Waals surface area contributed by atoms with E-state index in [1.807, 2.05) is 23.1 Å². The van der Waals surface area contributed by atoms with Crippen LogP contribution in [0, 0.1) is 0 Å². The van der Waals surface area contributed by atoms with E-state index in [0.717, 1.165) is 5.69 Å². The Balaban J connectivity index is 1.51. The average Bonchev–Trinajstić information content (AvgIpc) is 2.73. The molecule has 2 aromatic rings. The average molecular weight is 462 g/mol. The predicted molar refractivity (Wildman–Crippen MR) is 111 cm³/mol. The van der Waals surface area contributed by atoms with E-state index in [2.05, 4.69) is 26.6 Å². The highest BCUT2D eigenvalue weighted by Crippen LogP contribution is 2.38. The highest BCUT2D eigenvalue weighted by atomic mass is 79.9. The summed E-state index contributed by atoms with van der Waals surface area (Å²) in [6, 6.07) is 10.8. The SMILES string of the molecule is CNC(=O)C1CN(CC(=O)Nc2cc3c(cc2Br)OCCO3)c2ccccc2O1. The van der Waals surface area contributed by atoms with E-state index in [1.54, 1.807) is 25.2 Å². The normalized spacial score (nSPS) is 17.0. The highest BCUT2D eigenvalue weighted by molar-refractivity contribution is 9.10. The second-order valence-electron chi connectivity index (χ2n) is 6.59. The van der Waals surface area contributed by atoms with Gasteiger partial charge in [0.25, 0.3) is 5.91 Å². The smallest absolute Gasteiger partial charge is 0.262 e. The first kappa shape index (κ1) is 19.4. The van der Waals surface area contributed by atoms with Crippen molar-refractivity contribution in [3.8, 4) is 17.2 Å². The number of ether oxygens (including phenoxy) is 3. The Labute approximate surface area is 176 Å². The van der Waals surface area contributed by atoms with E-state index in [9.17, 15) is 9.59 Å². The fraction of sp³-hybridized carbons (Fsp3) is 0.300. The molecule has 0 aliphatic carbocycles. The third-order valence-electron chi connectivity index (χ3n) is 4.64. The molecule has 29 heavy (non-hydrogen) atoms. The molecule has 0 bridgehead atoms. The van der Waals surface area contributed by atoms with E-state index in [1.165, 1.54) is 0 Å². The largest absolute Gasteiger partial charge is 0.486 e. The number of hydrogen-bond donors (Lipinski definition) is 2. The van der Waals surface area contributed by atoms with Crippen molar-refractivity contribution in [3.63, 3.8) is 0 Å². The number of para-hydroxylation sites is 2. The summed E-state index contributed by atoms with van der Waals surface area (Å²) in [4.78, 5) is 26.7. The Hall–Kier alpha value is -2.94. The van der Waals surface area contributed by atoms with E-state index in [4.69, 9.17) is 14.2 Å². The molecule has 2 amide bonds. The molecule has 0 radical (unpaired) electrons. The maximum Gasteiger partial charge on any atom is 0.262 e. The van der Waals surface area contributed by atoms with Crippen LogP contribution >= 0.6 is 15.9 Å². The number of carbonyl (C=O) groups is 2. The zero-order valence-corrected chi connectivity index (χ0v) is 17.3. The van der Waals surface area contributed by atoms with Crippen molar-refractivity contribution in [2.75, 3.05) is 43.6 Å². The Morgan fingerprint density at radius 3 is 2.62 bits per heavy atom. The molecule has 0 aromatic heterocycles. The zero-order valence-electron chi connectivity index (χ0n) is 15.7. The Bertz CT molecular complexity index is 952. The molecule has 2 aromatic carbocycles. The molecule has 2 aliphatic heterocycles. The van der Waals surface area contributed by atoms with Gasteiger partial charge in [-0.3, -0.25) is 9.59 Å². The number of halogens is 1. The van der Waals surface area contributed by atoms with Crippen LogP contribution in [0.15, 0.2) is 40.9 Å². The van der Waals surface area contributed by atoms with Crippen LogP contribution in [0.1, 0.15) is 0 Å². The number of benzene rings is 2. The highest BCUT2D eigenvalue weighted by Gasteiger charge is 2.31. The van der Waals surface area contributed by atoms with Crippen molar-refractivity contribution in [2.24, 2.45) is 0 Å². The fourth-order valence-electron chi connectivity index (χ4n) is 3.28. The Kier molecular flexibility index (Phi) is 5.48. The lowest BCUT2D eigenvalue weighted by Gasteiger charge is -2.35. The van der Waals surface area contributed by atoms with Crippen molar-refractivity contribution < 1.29 is 23.8 Å². The van der Waals surface area contributed by atoms with Crippen molar-refractivity contribution in [1.29, 1.82) is 0 Å². The van der Waals surface area contributed by atoms with Gasteiger partial charge < -0.3 is 29.7 Å². The summed E-state index contributed by atoms with van der Waals surface area (Å²) in [7, 11) is 1.56. The molecule has 9 heteroatoms. The first-order chi connectivity index (χ1) is 14.0. The van der Waals surface area contributed by atoms with Crippen molar-refractivity contribution >= 4 is 39.1 Å². The molecule has 2 heterocycles. The minimum absolute atomic E-state index is 0.0642. The summed E-state index contributed by atoms with van der Waals surface area (Å²) in [6.07, 6.45) is -0.691. The van der Waals surface area contributed by atoms with Crippen molar-refractivity contribution in [2.45, 2.75) is 6.10 Å². The second kappa shape index (κ2) is 8.20. The molecule has 2 aliphatic rings. The van der Waals surface area contributed by atoms with Gasteiger partial charge in [0, 0.05) is 23.7 Å². The first-order valence-corrected chi connectivity index (χ1v) is 9.95. The van der Waals surface area contributed by atoms with Gasteiger partial charge in [0.05, 0.1) is 24.5 Å². The van der Waals surface area contributed by atoms with E-state index >= 15 is 0 Å². The molecule has 0 saturated heterocycles. The summed E-state index contributed by atoms with van der Waals surface area (Å²) >= 11 is 3.46. The van der Waals surface area contributed by atoms with Gasteiger partial charge in [0.2, 0.25) is 5.91 Å². The van der Waals surface area contributed by atoms with Crippen LogP contribution < -0.4 is 29.7 Å². The minimum Gasteiger partial charge on any atom is -0.486 e. The minimum atomic E-state index is -0.691. The Morgan fingerprint density at radius 1 is 1.14 bits per heavy atom. The van der Waals surface area contributed by atoms with Gasteiger partial charge >= 0.3 is 0 Å². The molecule has 8 nitrogen and oxygen atoms in total. The molecular formula is C20H20BrN3O5. The van der Waals surface area contributed by atoms with Gasteiger partial charge in [-0.1, -0.05) is 12.1 Å². The zero-order chi connectivity index (χ0) is 20.4. The number of fused-ring (bicyclic) bond motifs is 2. The van der Waals surface area contributed by atoms with Gasteiger partial charge in [-0.05, 0) is 28.1 Å². The standard InChI is InChI=1S/C20H20BrN3O5/c1-22-20(26)18-10-24(14-4-2-3-5-15(14)29-18)11-19(25)23-13-9-17-16(8-12(13)21)27-6-7-28-17/h2-5,8-9,18H,6-7,10-11H2,1H3,(H,22,26)(H,23,25). The summed E-state index contributed by atoms with van der Waals surface area (Å²) in [5.74, 6) is 1.33. The molecule has 1 unspecified atom stereocenters. The molecule has 1 atom stereocenters. The van der Waals surface area contributed by atoms with Crippen LogP contribution in [-0.2, 0) is 9.59 Å². The number of anilines is 2. The first-order valence-electron chi connectivity index (χ1n) is 9.16. The van der Waals surface area contributed by atoms with Gasteiger partial charge in [-0.15, -0.1) is 0 Å². The molecule has 0 saturated carbocycles. The fourth-order valence-corrected chi connectivity index (χ4v) is 3.70. The number of likely N-dealkylation sites (N-methyl/N-ethyl adjacent to an activating group) is 1. The number of nitrogens with zero attached hydrogens (tertiary/aromatic N) is 1. The van der Waals surface area contributed by atoms with Crippen molar-refractivity contribution in [3.05, 3.63) is 40.9 Å². The lowest BCUT2D eigenvalue weighted by molar-refractivity contribution is -0.127. The van der Waals surface area contributed by atoms with Crippen LogP contribution in [0.3, 0.4) is 0 Å². The number of rotatable bonds is 4. The molecule has 0 fully saturated rings. The molecule has 0 spiro atoms. The van der Waals surface area contributed by atoms with Crippen LogP contribution in [0.4, 0.5) is 11.4 Å². The molecule has 152 valence electrons. The van der Waals surface area contributed by atoms with Crippen LogP contribution in [0.25, 0.3) is 0 Å². The maximum absolute atomic E-state index is 12.8. The van der Waals surface area contributed by atoms with Crippen molar-refractivity contribution in [1.82, 2.24) is 5.32 Å².